The molecule has 1 aromatic heterocycles. The lowest BCUT2D eigenvalue weighted by Gasteiger charge is -2.21. The second kappa shape index (κ2) is 12.0. The maximum atomic E-state index is 12.9. The second-order valence-corrected chi connectivity index (χ2v) is 13.2. The minimum atomic E-state index is -3.49. The quantitative estimate of drug-likeness (QED) is 0.154. The van der Waals surface area contributed by atoms with Crippen LogP contribution in [0.4, 0.5) is 10.8 Å². The van der Waals surface area contributed by atoms with Crippen LogP contribution in [0, 0.1) is 24.0 Å². The molecule has 218 valence electrons. The Bertz CT molecular complexity index is 1770. The summed E-state index contributed by atoms with van der Waals surface area (Å²) >= 11 is 1.43. The van der Waals surface area contributed by atoms with Gasteiger partial charge in [0.15, 0.2) is 0 Å². The first-order valence-corrected chi connectivity index (χ1v) is 15.8. The molecule has 6 rings (SSSR count). The molecule has 0 bridgehead atoms. The van der Waals surface area contributed by atoms with Gasteiger partial charge in [-0.05, 0) is 56.0 Å². The molecule has 1 saturated heterocycles. The van der Waals surface area contributed by atoms with Crippen LogP contribution in [0.5, 0.6) is 0 Å². The normalized spacial score (nSPS) is 17.2. The van der Waals surface area contributed by atoms with Crippen LogP contribution in [-0.4, -0.2) is 41.4 Å². The van der Waals surface area contributed by atoms with Gasteiger partial charge in [-0.3, -0.25) is 10.1 Å². The van der Waals surface area contributed by atoms with E-state index < -0.39 is 10.0 Å². The lowest BCUT2D eigenvalue weighted by atomic mass is 9.95. The third kappa shape index (κ3) is 5.76. The van der Waals surface area contributed by atoms with Gasteiger partial charge in [-0.2, -0.15) is 9.41 Å². The van der Waals surface area contributed by atoms with E-state index in [2.05, 4.69) is 25.1 Å². The number of aryl methyl sites for hydroxylation is 2. The van der Waals surface area contributed by atoms with Crippen molar-refractivity contribution in [3.05, 3.63) is 104 Å². The Labute approximate surface area is 259 Å². The fraction of sp³-hybridized carbons (Fsp3) is 0.267. The minimum Gasteiger partial charge on any atom is -0.258 e. The van der Waals surface area contributed by atoms with Gasteiger partial charge in [0.25, 0.3) is 5.69 Å². The molecular weight excluding hydrogens is 638 g/mol. The Morgan fingerprint density at radius 3 is 2.45 bits per heavy atom. The van der Waals surface area contributed by atoms with E-state index in [4.69, 9.17) is 10.1 Å². The van der Waals surface area contributed by atoms with Crippen molar-refractivity contribution >= 4 is 54.9 Å². The van der Waals surface area contributed by atoms with E-state index in [0.717, 1.165) is 46.4 Å². The molecule has 4 aromatic rings. The molecule has 3 heterocycles. The molecule has 0 spiro atoms. The van der Waals surface area contributed by atoms with E-state index in [0.29, 0.717) is 30.3 Å². The van der Waals surface area contributed by atoms with Crippen LogP contribution in [0.1, 0.15) is 47.6 Å². The van der Waals surface area contributed by atoms with Gasteiger partial charge in [-0.1, -0.05) is 42.0 Å². The summed E-state index contributed by atoms with van der Waals surface area (Å²) in [6, 6.07) is 19.5. The number of hydrazone groups is 1. The van der Waals surface area contributed by atoms with Crippen molar-refractivity contribution in [3.63, 3.8) is 0 Å². The molecule has 1 fully saturated rings. The number of benzene rings is 3. The average molecular weight is 669 g/mol. The molecule has 0 radical (unpaired) electrons. The molecule has 12 heteroatoms. The lowest BCUT2D eigenvalue weighted by molar-refractivity contribution is -0.384. The summed E-state index contributed by atoms with van der Waals surface area (Å²) < 4.78 is 27.4. The van der Waals surface area contributed by atoms with E-state index in [1.165, 1.54) is 21.7 Å². The van der Waals surface area contributed by atoms with Crippen molar-refractivity contribution < 1.29 is 13.3 Å². The molecule has 2 aliphatic heterocycles. The summed E-state index contributed by atoms with van der Waals surface area (Å²) in [7, 11) is -3.49. The van der Waals surface area contributed by atoms with Crippen LogP contribution in [0.3, 0.4) is 0 Å². The minimum absolute atomic E-state index is 0. The molecule has 0 amide bonds. The maximum Gasteiger partial charge on any atom is 0.269 e. The molecule has 3 aromatic carbocycles. The van der Waals surface area contributed by atoms with Gasteiger partial charge >= 0.3 is 0 Å². The van der Waals surface area contributed by atoms with Gasteiger partial charge in [0.05, 0.1) is 27.3 Å². The van der Waals surface area contributed by atoms with Crippen LogP contribution in [0.25, 0.3) is 11.3 Å². The smallest absolute Gasteiger partial charge is 0.258 e. The largest absolute Gasteiger partial charge is 0.269 e. The van der Waals surface area contributed by atoms with Crippen molar-refractivity contribution in [2.75, 3.05) is 18.1 Å². The molecule has 0 aliphatic carbocycles. The topological polar surface area (TPSA) is 109 Å². The SMILES string of the molecule is Br.Cc1ccc(C)c(C2=NN(c3nc(-c4ccc(S(=O)(=O)N5CCCC5)cc4)cs3)C(c3cccc([N+](=O)[O-])c3)C2)c1. The molecule has 42 heavy (non-hydrogen) atoms. The second-order valence-electron chi connectivity index (χ2n) is 10.4. The van der Waals surface area contributed by atoms with Crippen molar-refractivity contribution in [3.8, 4) is 11.3 Å². The van der Waals surface area contributed by atoms with Gasteiger partial charge in [0, 0.05) is 48.2 Å². The highest BCUT2D eigenvalue weighted by Crippen LogP contribution is 2.40. The van der Waals surface area contributed by atoms with Crippen molar-refractivity contribution in [2.24, 2.45) is 5.10 Å². The molecular formula is C30H30BrN5O4S2. The summed E-state index contributed by atoms with van der Waals surface area (Å²) in [5.41, 5.74) is 6.53. The molecule has 1 unspecified atom stereocenters. The predicted molar refractivity (Wildman–Crippen MR) is 171 cm³/mol. The number of hydrogen-bond donors (Lipinski definition) is 0. The maximum absolute atomic E-state index is 12.9. The van der Waals surface area contributed by atoms with Crippen LogP contribution in [0.15, 0.2) is 82.1 Å². The third-order valence-corrected chi connectivity index (χ3v) is 10.4. The fourth-order valence-corrected chi connectivity index (χ4v) is 7.73. The van der Waals surface area contributed by atoms with Crippen LogP contribution in [-0.2, 0) is 10.0 Å². The zero-order valence-electron chi connectivity index (χ0n) is 23.1. The predicted octanol–water partition coefficient (Wildman–Crippen LogP) is 7.05. The van der Waals surface area contributed by atoms with Crippen molar-refractivity contribution in [1.29, 1.82) is 0 Å². The highest BCUT2D eigenvalue weighted by molar-refractivity contribution is 8.93. The van der Waals surface area contributed by atoms with E-state index in [1.54, 1.807) is 36.4 Å². The number of thiazole rings is 1. The van der Waals surface area contributed by atoms with Crippen molar-refractivity contribution in [2.45, 2.75) is 44.0 Å². The molecule has 0 saturated carbocycles. The first-order chi connectivity index (χ1) is 19.7. The number of nitrogens with zero attached hydrogens (tertiary/aromatic N) is 5. The average Bonchev–Trinajstić information content (AvgIpc) is 3.76. The number of aromatic nitrogens is 1. The number of halogens is 1. The van der Waals surface area contributed by atoms with Crippen LogP contribution >= 0.6 is 28.3 Å². The Morgan fingerprint density at radius 2 is 1.74 bits per heavy atom. The van der Waals surface area contributed by atoms with Crippen molar-refractivity contribution in [1.82, 2.24) is 9.29 Å². The standard InChI is InChI=1S/C30H29N5O4S2.BrH/c1-20-8-9-21(2)26(16-20)27-18-29(23-6-5-7-24(17-23)35(36)37)34(32-27)30-31-28(19-40-30)22-10-12-25(13-11-22)41(38,39)33-14-3-4-15-33;/h5-13,16-17,19,29H,3-4,14-15,18H2,1-2H3;1H. The number of nitro groups is 1. The van der Waals surface area contributed by atoms with E-state index >= 15 is 0 Å². The number of anilines is 1. The lowest BCUT2D eigenvalue weighted by Crippen LogP contribution is -2.27. The Hall–Kier alpha value is -3.45. The third-order valence-electron chi connectivity index (χ3n) is 7.62. The first-order valence-electron chi connectivity index (χ1n) is 13.5. The Balaban J connectivity index is 0.00000353. The van der Waals surface area contributed by atoms with E-state index in [1.807, 2.05) is 23.4 Å². The summed E-state index contributed by atoms with van der Waals surface area (Å²) in [4.78, 5) is 16.3. The number of nitro benzene ring substituents is 1. The fourth-order valence-electron chi connectivity index (χ4n) is 5.38. The van der Waals surface area contributed by atoms with E-state index in [9.17, 15) is 18.5 Å². The van der Waals surface area contributed by atoms with Crippen LogP contribution in [0.2, 0.25) is 0 Å². The monoisotopic (exact) mass is 667 g/mol. The Kier molecular flexibility index (Phi) is 8.61. The van der Waals surface area contributed by atoms with Crippen LogP contribution < -0.4 is 5.01 Å². The van der Waals surface area contributed by atoms with E-state index in [-0.39, 0.29) is 38.5 Å². The zero-order valence-corrected chi connectivity index (χ0v) is 26.5. The summed E-state index contributed by atoms with van der Waals surface area (Å²) in [6.07, 6.45) is 2.35. The summed E-state index contributed by atoms with van der Waals surface area (Å²) in [5, 5.41) is 21.0. The Morgan fingerprint density at radius 1 is 1.00 bits per heavy atom. The number of rotatable bonds is 7. The van der Waals surface area contributed by atoms with Gasteiger partial charge in [-0.15, -0.1) is 28.3 Å². The molecule has 9 nitrogen and oxygen atoms in total. The highest BCUT2D eigenvalue weighted by atomic mass is 79.9. The first kappa shape index (κ1) is 30.0. The molecule has 2 aliphatic rings. The number of sulfonamides is 1. The van der Waals surface area contributed by atoms with Gasteiger partial charge in [-0.25, -0.2) is 18.4 Å². The molecule has 0 N–H and O–H groups in total. The summed E-state index contributed by atoms with van der Waals surface area (Å²) in [5.74, 6) is 0. The van der Waals surface area contributed by atoms with Gasteiger partial charge in [0.2, 0.25) is 15.2 Å². The van der Waals surface area contributed by atoms with Gasteiger partial charge in [0.1, 0.15) is 0 Å². The van der Waals surface area contributed by atoms with Gasteiger partial charge < -0.3 is 0 Å². The molecule has 1 atom stereocenters. The summed E-state index contributed by atoms with van der Waals surface area (Å²) in [6.45, 7) is 5.22. The zero-order chi connectivity index (χ0) is 28.7. The number of hydrogen-bond acceptors (Lipinski definition) is 8. The number of non-ortho nitro benzene ring substituents is 1. The highest BCUT2D eigenvalue weighted by Gasteiger charge is 2.33.